The molecule has 0 saturated carbocycles. The number of nitrogens with zero attached hydrogens (tertiary/aromatic N) is 6. The molecule has 1 fully saturated rings. The summed E-state index contributed by atoms with van der Waals surface area (Å²) in [6.45, 7) is 14.6. The Morgan fingerprint density at radius 3 is 1.75 bits per heavy atom. The second kappa shape index (κ2) is 9.42. The molecule has 0 radical (unpaired) electrons. The van der Waals surface area contributed by atoms with Crippen molar-refractivity contribution < 1.29 is 0 Å². The monoisotopic (exact) mass is 352 g/mol. The Morgan fingerprint density at radius 2 is 1.33 bits per heavy atom. The lowest BCUT2D eigenvalue weighted by Crippen LogP contribution is -2.32. The van der Waals surface area contributed by atoms with Gasteiger partial charge in [0.25, 0.3) is 0 Å². The third-order valence-electron chi connectivity index (χ3n) is 4.62. The number of anilines is 2. The van der Waals surface area contributed by atoms with Crippen LogP contribution >= 0.6 is 11.8 Å². The van der Waals surface area contributed by atoms with Gasteiger partial charge in [0.15, 0.2) is 5.16 Å². The first-order chi connectivity index (χ1) is 11.6. The lowest BCUT2D eigenvalue weighted by molar-refractivity contribution is 0.282. The fourth-order valence-electron chi connectivity index (χ4n) is 2.94. The van der Waals surface area contributed by atoms with Crippen molar-refractivity contribution in [2.75, 3.05) is 56.1 Å². The van der Waals surface area contributed by atoms with Gasteiger partial charge in [0, 0.05) is 31.4 Å². The van der Waals surface area contributed by atoms with Gasteiger partial charge < -0.3 is 14.7 Å². The molecule has 1 aromatic heterocycles. The van der Waals surface area contributed by atoms with Crippen molar-refractivity contribution in [1.29, 1.82) is 0 Å². The van der Waals surface area contributed by atoms with Crippen LogP contribution in [0.1, 0.15) is 40.5 Å². The van der Waals surface area contributed by atoms with Crippen LogP contribution in [-0.2, 0) is 0 Å². The van der Waals surface area contributed by atoms with Gasteiger partial charge in [-0.2, -0.15) is 15.0 Å². The van der Waals surface area contributed by atoms with E-state index in [2.05, 4.69) is 49.4 Å². The molecular formula is C17H32N6S. The van der Waals surface area contributed by atoms with Crippen LogP contribution in [0.15, 0.2) is 5.16 Å². The van der Waals surface area contributed by atoms with Crippen molar-refractivity contribution in [2.45, 2.75) is 50.9 Å². The molecule has 2 heterocycles. The maximum absolute atomic E-state index is 4.77. The minimum absolute atomic E-state index is 0.609. The van der Waals surface area contributed by atoms with Crippen molar-refractivity contribution in [2.24, 2.45) is 0 Å². The van der Waals surface area contributed by atoms with Gasteiger partial charge in [0.05, 0.1) is 0 Å². The van der Waals surface area contributed by atoms with E-state index in [4.69, 9.17) is 15.0 Å². The standard InChI is InChI=1S/C17H32N6S/c1-6-22(7-2)15-18-16(23(8-3)9-4)20-17(19-15)24-14-10-12-21(5)13-11-14/h14H,6-13H2,1-5H3. The second-order valence-corrected chi connectivity index (χ2v) is 7.45. The van der Waals surface area contributed by atoms with Gasteiger partial charge in [-0.05, 0) is 60.7 Å². The topological polar surface area (TPSA) is 48.4 Å². The van der Waals surface area contributed by atoms with E-state index in [1.54, 1.807) is 0 Å². The predicted octanol–water partition coefficient (Wildman–Crippen LogP) is 2.75. The number of aromatic nitrogens is 3. The Kier molecular flexibility index (Phi) is 7.55. The van der Waals surface area contributed by atoms with Crippen molar-refractivity contribution in [3.05, 3.63) is 0 Å². The molecule has 0 spiro atoms. The zero-order valence-electron chi connectivity index (χ0n) is 15.8. The summed E-state index contributed by atoms with van der Waals surface area (Å²) in [5.74, 6) is 1.62. The summed E-state index contributed by atoms with van der Waals surface area (Å²) in [6, 6.07) is 0. The summed E-state index contributed by atoms with van der Waals surface area (Å²) < 4.78 is 0. The Balaban J connectivity index is 2.24. The third-order valence-corrected chi connectivity index (χ3v) is 5.82. The molecule has 6 nitrogen and oxygen atoms in total. The van der Waals surface area contributed by atoms with Crippen LogP contribution in [0.4, 0.5) is 11.9 Å². The predicted molar refractivity (Wildman–Crippen MR) is 103 cm³/mol. The smallest absolute Gasteiger partial charge is 0.231 e. The highest BCUT2D eigenvalue weighted by molar-refractivity contribution is 7.99. The summed E-state index contributed by atoms with van der Waals surface area (Å²) in [5, 5.41) is 1.49. The number of likely N-dealkylation sites (tertiary alicyclic amines) is 1. The maximum Gasteiger partial charge on any atom is 0.231 e. The highest BCUT2D eigenvalue weighted by atomic mass is 32.2. The Bertz CT molecular complexity index is 466. The first-order valence-electron chi connectivity index (χ1n) is 9.22. The largest absolute Gasteiger partial charge is 0.341 e. The minimum atomic E-state index is 0.609. The molecule has 1 aliphatic rings. The SMILES string of the molecule is CCN(CC)c1nc(SC2CCN(C)CC2)nc(N(CC)CC)n1. The van der Waals surface area contributed by atoms with Crippen molar-refractivity contribution in [3.8, 4) is 0 Å². The molecule has 7 heteroatoms. The molecule has 24 heavy (non-hydrogen) atoms. The molecule has 1 aromatic rings. The van der Waals surface area contributed by atoms with Crippen LogP contribution in [-0.4, -0.2) is 71.4 Å². The zero-order chi connectivity index (χ0) is 17.5. The number of rotatable bonds is 8. The average Bonchev–Trinajstić information content (AvgIpc) is 2.59. The molecule has 0 N–H and O–H groups in total. The Morgan fingerprint density at radius 1 is 0.875 bits per heavy atom. The fourth-order valence-corrected chi connectivity index (χ4v) is 3.95. The molecule has 0 aromatic carbocycles. The van der Waals surface area contributed by atoms with Crippen LogP contribution in [0.3, 0.4) is 0 Å². The van der Waals surface area contributed by atoms with Gasteiger partial charge in [-0.3, -0.25) is 0 Å². The van der Waals surface area contributed by atoms with Gasteiger partial charge >= 0.3 is 0 Å². The minimum Gasteiger partial charge on any atom is -0.341 e. The van der Waals surface area contributed by atoms with E-state index >= 15 is 0 Å². The van der Waals surface area contributed by atoms with Crippen molar-refractivity contribution in [3.63, 3.8) is 0 Å². The van der Waals surface area contributed by atoms with Crippen LogP contribution in [0.2, 0.25) is 0 Å². The molecule has 1 aliphatic heterocycles. The van der Waals surface area contributed by atoms with E-state index in [0.717, 1.165) is 56.3 Å². The highest BCUT2D eigenvalue weighted by Crippen LogP contribution is 2.29. The van der Waals surface area contributed by atoms with Crippen molar-refractivity contribution >= 4 is 23.7 Å². The molecule has 2 rings (SSSR count). The molecule has 0 bridgehead atoms. The molecule has 0 aliphatic carbocycles. The van der Waals surface area contributed by atoms with Gasteiger partial charge in [0.2, 0.25) is 11.9 Å². The van der Waals surface area contributed by atoms with E-state index in [0.29, 0.717) is 5.25 Å². The highest BCUT2D eigenvalue weighted by Gasteiger charge is 2.21. The van der Waals surface area contributed by atoms with Gasteiger partial charge in [-0.1, -0.05) is 11.8 Å². The third kappa shape index (κ3) is 4.96. The Hall–Kier alpha value is -1.08. The molecule has 0 atom stereocenters. The van der Waals surface area contributed by atoms with E-state index in [1.807, 2.05) is 11.8 Å². The summed E-state index contributed by atoms with van der Waals surface area (Å²) in [4.78, 5) is 21.1. The molecule has 0 unspecified atom stereocenters. The second-order valence-electron chi connectivity index (χ2n) is 6.18. The molecule has 136 valence electrons. The first kappa shape index (κ1) is 19.2. The molecule has 1 saturated heterocycles. The van der Waals surface area contributed by atoms with Gasteiger partial charge in [0.1, 0.15) is 0 Å². The molecule has 0 amide bonds. The van der Waals surface area contributed by atoms with Crippen molar-refractivity contribution in [1.82, 2.24) is 19.9 Å². The summed E-state index contributed by atoms with van der Waals surface area (Å²) in [5.41, 5.74) is 0. The summed E-state index contributed by atoms with van der Waals surface area (Å²) in [7, 11) is 2.20. The van der Waals surface area contributed by atoms with Crippen LogP contribution < -0.4 is 9.80 Å². The lowest BCUT2D eigenvalue weighted by atomic mass is 10.1. The van der Waals surface area contributed by atoms with Gasteiger partial charge in [-0.15, -0.1) is 0 Å². The fraction of sp³-hybridized carbons (Fsp3) is 0.824. The maximum atomic E-state index is 4.77. The number of hydrogen-bond donors (Lipinski definition) is 0. The zero-order valence-corrected chi connectivity index (χ0v) is 16.6. The van der Waals surface area contributed by atoms with E-state index in [9.17, 15) is 0 Å². The van der Waals surface area contributed by atoms with Gasteiger partial charge in [-0.25, -0.2) is 0 Å². The Labute approximate surface area is 151 Å². The molecular weight excluding hydrogens is 320 g/mol. The normalized spacial score (nSPS) is 16.4. The number of hydrogen-bond acceptors (Lipinski definition) is 7. The van der Waals surface area contributed by atoms with E-state index in [-0.39, 0.29) is 0 Å². The van der Waals surface area contributed by atoms with Crippen LogP contribution in [0.5, 0.6) is 0 Å². The number of thioether (sulfide) groups is 1. The average molecular weight is 353 g/mol. The quantitative estimate of drug-likeness (QED) is 0.713. The summed E-state index contributed by atoms with van der Waals surface area (Å²) >= 11 is 1.83. The van der Waals surface area contributed by atoms with Crippen LogP contribution in [0.25, 0.3) is 0 Å². The van der Waals surface area contributed by atoms with Crippen LogP contribution in [0, 0.1) is 0 Å². The summed E-state index contributed by atoms with van der Waals surface area (Å²) in [6.07, 6.45) is 2.40. The first-order valence-corrected chi connectivity index (χ1v) is 10.1. The number of piperidine rings is 1. The van der Waals surface area contributed by atoms with E-state index in [1.165, 1.54) is 12.8 Å². The van der Waals surface area contributed by atoms with E-state index < -0.39 is 0 Å². The lowest BCUT2D eigenvalue weighted by Gasteiger charge is -2.28.